The number of amides is 3. The quantitative estimate of drug-likeness (QED) is 0.447. The number of rotatable bonds is 6. The molecule has 31 heavy (non-hydrogen) atoms. The van der Waals surface area contributed by atoms with Crippen LogP contribution in [0.3, 0.4) is 0 Å². The molecule has 1 N–H and O–H groups in total. The van der Waals surface area contributed by atoms with Crippen molar-refractivity contribution in [2.45, 2.75) is 11.8 Å². The maximum Gasteiger partial charge on any atom is 0.293 e. The van der Waals surface area contributed by atoms with Gasteiger partial charge >= 0.3 is 0 Å². The number of hydrogen-bond donors (Lipinski definition) is 1. The molecule has 3 aromatic rings. The van der Waals surface area contributed by atoms with Crippen LogP contribution in [0.5, 0.6) is 0 Å². The fourth-order valence-corrected chi connectivity index (χ4v) is 4.18. The van der Waals surface area contributed by atoms with Gasteiger partial charge in [0, 0.05) is 29.9 Å². The molecule has 158 valence electrons. The van der Waals surface area contributed by atoms with Crippen molar-refractivity contribution >= 4 is 52.4 Å². The summed E-state index contributed by atoms with van der Waals surface area (Å²) >= 11 is 2.52. The Labute approximate surface area is 186 Å². The standard InChI is InChI=1S/C20H18N6O3S2/c1-12-7-8-22-19-23-16(24-26(12)19)17(27)21-9-10-25-18(28)15(31-20(25)29)11-13-3-5-14(30-2)6-4-13/h3-8,11H,9-10H2,1-2H3,(H,21,27)/b15-11+. The molecule has 4 rings (SSSR count). The highest BCUT2D eigenvalue weighted by molar-refractivity contribution is 8.18. The van der Waals surface area contributed by atoms with Crippen molar-refractivity contribution in [3.63, 3.8) is 0 Å². The molecular weight excluding hydrogens is 436 g/mol. The van der Waals surface area contributed by atoms with Gasteiger partial charge in [0.15, 0.2) is 0 Å². The molecule has 1 aliphatic heterocycles. The topological polar surface area (TPSA) is 110 Å². The van der Waals surface area contributed by atoms with E-state index in [0.717, 1.165) is 32.8 Å². The largest absolute Gasteiger partial charge is 0.347 e. The highest BCUT2D eigenvalue weighted by Gasteiger charge is 2.34. The second-order valence-electron chi connectivity index (χ2n) is 6.60. The molecule has 0 unspecified atom stereocenters. The third-order valence-electron chi connectivity index (χ3n) is 4.54. The molecule has 0 spiro atoms. The second-order valence-corrected chi connectivity index (χ2v) is 8.47. The molecule has 0 radical (unpaired) electrons. The van der Waals surface area contributed by atoms with Crippen LogP contribution < -0.4 is 5.32 Å². The Hall–Kier alpha value is -3.18. The van der Waals surface area contributed by atoms with Crippen molar-refractivity contribution < 1.29 is 14.4 Å². The van der Waals surface area contributed by atoms with Crippen molar-refractivity contribution in [1.82, 2.24) is 29.8 Å². The molecule has 9 nitrogen and oxygen atoms in total. The molecule has 1 aromatic carbocycles. The Morgan fingerprint density at radius 2 is 2.00 bits per heavy atom. The number of carbonyl (C=O) groups is 3. The van der Waals surface area contributed by atoms with Gasteiger partial charge in [-0.25, -0.2) is 9.50 Å². The monoisotopic (exact) mass is 454 g/mol. The number of aromatic nitrogens is 4. The van der Waals surface area contributed by atoms with Gasteiger partial charge in [-0.15, -0.1) is 16.9 Å². The summed E-state index contributed by atoms with van der Waals surface area (Å²) in [6.07, 6.45) is 5.27. The van der Waals surface area contributed by atoms with E-state index >= 15 is 0 Å². The summed E-state index contributed by atoms with van der Waals surface area (Å²) < 4.78 is 1.47. The van der Waals surface area contributed by atoms with Crippen LogP contribution in [-0.4, -0.2) is 60.9 Å². The van der Waals surface area contributed by atoms with Gasteiger partial charge < -0.3 is 5.32 Å². The first-order valence-electron chi connectivity index (χ1n) is 9.32. The smallest absolute Gasteiger partial charge is 0.293 e. The summed E-state index contributed by atoms with van der Waals surface area (Å²) in [6.45, 7) is 1.98. The van der Waals surface area contributed by atoms with E-state index in [2.05, 4.69) is 20.4 Å². The number of benzene rings is 1. The number of hydrogen-bond acceptors (Lipinski definition) is 8. The summed E-state index contributed by atoms with van der Waals surface area (Å²) in [5, 5.41) is 6.41. The fraction of sp³-hybridized carbons (Fsp3) is 0.200. The van der Waals surface area contributed by atoms with Crippen LogP contribution >= 0.6 is 23.5 Å². The first-order valence-corrected chi connectivity index (χ1v) is 11.4. The minimum Gasteiger partial charge on any atom is -0.347 e. The number of fused-ring (bicyclic) bond motifs is 1. The van der Waals surface area contributed by atoms with Crippen LogP contribution in [-0.2, 0) is 4.79 Å². The lowest BCUT2D eigenvalue weighted by Crippen LogP contribution is -2.37. The van der Waals surface area contributed by atoms with Crippen molar-refractivity contribution in [3.8, 4) is 0 Å². The highest BCUT2D eigenvalue weighted by Crippen LogP contribution is 2.32. The molecule has 3 amide bonds. The Morgan fingerprint density at radius 3 is 2.71 bits per heavy atom. The molecule has 1 fully saturated rings. The summed E-state index contributed by atoms with van der Waals surface area (Å²) in [5.41, 5.74) is 1.64. The molecule has 2 aromatic heterocycles. The van der Waals surface area contributed by atoms with Gasteiger partial charge in [0.25, 0.3) is 22.8 Å². The lowest BCUT2D eigenvalue weighted by Gasteiger charge is -2.12. The summed E-state index contributed by atoms with van der Waals surface area (Å²) in [5.74, 6) is -0.568. The minimum atomic E-state index is -0.499. The van der Waals surface area contributed by atoms with Crippen molar-refractivity contribution in [3.05, 3.63) is 58.5 Å². The Bertz CT molecular complexity index is 1210. The zero-order valence-corrected chi connectivity index (χ0v) is 18.4. The van der Waals surface area contributed by atoms with E-state index in [1.54, 1.807) is 30.1 Å². The van der Waals surface area contributed by atoms with Gasteiger partial charge in [-0.05, 0) is 54.8 Å². The van der Waals surface area contributed by atoms with E-state index in [-0.39, 0.29) is 30.1 Å². The summed E-state index contributed by atoms with van der Waals surface area (Å²) in [4.78, 5) is 48.0. The van der Waals surface area contributed by atoms with Crippen LogP contribution in [0.1, 0.15) is 21.9 Å². The lowest BCUT2D eigenvalue weighted by molar-refractivity contribution is -0.122. The SMILES string of the molecule is CSc1ccc(/C=C2/SC(=O)N(CCNC(=O)c3nc4nccc(C)n4n3)C2=O)cc1. The predicted octanol–water partition coefficient (Wildman–Crippen LogP) is 2.62. The molecule has 0 saturated carbocycles. The van der Waals surface area contributed by atoms with Gasteiger partial charge in [0.2, 0.25) is 5.82 Å². The van der Waals surface area contributed by atoms with E-state index in [0.29, 0.717) is 10.7 Å². The maximum absolute atomic E-state index is 12.6. The maximum atomic E-state index is 12.6. The van der Waals surface area contributed by atoms with E-state index in [9.17, 15) is 14.4 Å². The number of imide groups is 1. The van der Waals surface area contributed by atoms with E-state index < -0.39 is 5.91 Å². The average molecular weight is 455 g/mol. The van der Waals surface area contributed by atoms with E-state index in [4.69, 9.17) is 0 Å². The third kappa shape index (κ3) is 4.47. The molecule has 0 aliphatic carbocycles. The van der Waals surface area contributed by atoms with Crippen LogP contribution in [0.15, 0.2) is 46.3 Å². The Morgan fingerprint density at radius 1 is 1.23 bits per heavy atom. The number of nitrogens with one attached hydrogen (secondary N) is 1. The van der Waals surface area contributed by atoms with Crippen LogP contribution in [0.2, 0.25) is 0 Å². The summed E-state index contributed by atoms with van der Waals surface area (Å²) in [7, 11) is 0. The highest BCUT2D eigenvalue weighted by atomic mass is 32.2. The number of carbonyl (C=O) groups excluding carboxylic acids is 3. The number of nitrogens with zero attached hydrogens (tertiary/aromatic N) is 5. The third-order valence-corrected chi connectivity index (χ3v) is 6.19. The molecule has 11 heteroatoms. The Balaban J connectivity index is 1.37. The number of aryl methyl sites for hydroxylation is 1. The van der Waals surface area contributed by atoms with E-state index in [1.165, 1.54) is 4.52 Å². The summed E-state index contributed by atoms with van der Waals surface area (Å²) in [6, 6.07) is 9.48. The zero-order chi connectivity index (χ0) is 22.0. The van der Waals surface area contributed by atoms with Crippen molar-refractivity contribution in [1.29, 1.82) is 0 Å². The van der Waals surface area contributed by atoms with Gasteiger partial charge in [-0.2, -0.15) is 4.98 Å². The van der Waals surface area contributed by atoms with Crippen molar-refractivity contribution in [2.24, 2.45) is 0 Å². The molecule has 0 bridgehead atoms. The molecule has 1 aliphatic rings. The van der Waals surface area contributed by atoms with Gasteiger partial charge in [0.05, 0.1) is 4.91 Å². The minimum absolute atomic E-state index is 0.0236. The van der Waals surface area contributed by atoms with E-state index in [1.807, 2.05) is 37.4 Å². The normalized spacial score (nSPS) is 15.3. The van der Waals surface area contributed by atoms with Crippen LogP contribution in [0.25, 0.3) is 11.9 Å². The molecular formula is C20H18N6O3S2. The molecule has 1 saturated heterocycles. The van der Waals surface area contributed by atoms with Gasteiger partial charge in [-0.1, -0.05) is 12.1 Å². The van der Waals surface area contributed by atoms with Gasteiger partial charge in [-0.3, -0.25) is 19.3 Å². The van der Waals surface area contributed by atoms with Crippen LogP contribution in [0.4, 0.5) is 4.79 Å². The zero-order valence-electron chi connectivity index (χ0n) is 16.7. The van der Waals surface area contributed by atoms with Gasteiger partial charge in [0.1, 0.15) is 0 Å². The molecule has 0 atom stereocenters. The first kappa shape index (κ1) is 21.1. The number of thioether (sulfide) groups is 2. The average Bonchev–Trinajstić information content (AvgIpc) is 3.32. The lowest BCUT2D eigenvalue weighted by atomic mass is 10.2. The van der Waals surface area contributed by atoms with Crippen molar-refractivity contribution in [2.75, 3.05) is 19.3 Å². The second kappa shape index (κ2) is 8.90. The predicted molar refractivity (Wildman–Crippen MR) is 119 cm³/mol. The first-order chi connectivity index (χ1) is 15.0. The Kier molecular flexibility index (Phi) is 6.05. The fourth-order valence-electron chi connectivity index (χ4n) is 2.91. The van der Waals surface area contributed by atoms with Crippen LogP contribution in [0, 0.1) is 6.92 Å². The molecule has 3 heterocycles.